The molecule has 0 unspecified atom stereocenters. The van der Waals surface area contributed by atoms with E-state index in [-0.39, 0.29) is 33.5 Å². The molecule has 0 saturated carbocycles. The molecule has 100 valence electrons. The lowest BCUT2D eigenvalue weighted by atomic mass is 9.98. The van der Waals surface area contributed by atoms with E-state index >= 15 is 0 Å². The molecule has 1 aliphatic carbocycles. The number of aliphatic hydroxyl groups excluding tert-OH is 1. The Hall–Kier alpha value is -3.03. The Kier molecular flexibility index (Phi) is 2.24. The molecule has 0 bridgehead atoms. The van der Waals surface area contributed by atoms with Crippen molar-refractivity contribution in [1.29, 1.82) is 0 Å². The van der Waals surface area contributed by atoms with Gasteiger partial charge in [0.05, 0.1) is 0 Å². The highest BCUT2D eigenvalue weighted by Crippen LogP contribution is 2.15. The normalized spacial score (nSPS) is 13.1. The van der Waals surface area contributed by atoms with Crippen molar-refractivity contribution >= 4 is 18.1 Å². The van der Waals surface area contributed by atoms with Crippen LogP contribution in [0.3, 0.4) is 0 Å². The number of aromatic nitrogens is 4. The lowest BCUT2D eigenvalue weighted by molar-refractivity contribution is 0.102. The van der Waals surface area contributed by atoms with Gasteiger partial charge in [-0.3, -0.25) is 14.4 Å². The molecular formula is C12H8N4O4. The van der Waals surface area contributed by atoms with Gasteiger partial charge in [-0.1, -0.05) is 6.58 Å². The van der Waals surface area contributed by atoms with Crippen molar-refractivity contribution in [2.45, 2.75) is 6.92 Å². The first-order valence-electron chi connectivity index (χ1n) is 5.58. The SMILES string of the molecule is C=c1nc2c(c(=O)[nH]1)=C(O)c1nc(C)[nH]c(=O)c1C2=O. The predicted molar refractivity (Wildman–Crippen MR) is 67.8 cm³/mol. The van der Waals surface area contributed by atoms with Gasteiger partial charge in [-0.25, -0.2) is 9.97 Å². The maximum atomic E-state index is 12.3. The van der Waals surface area contributed by atoms with E-state index in [0.717, 1.165) is 0 Å². The topological polar surface area (TPSA) is 129 Å². The quantitative estimate of drug-likeness (QED) is 0.500. The summed E-state index contributed by atoms with van der Waals surface area (Å²) in [5, 5.41) is 9.82. The third-order valence-corrected chi connectivity index (χ3v) is 2.91. The van der Waals surface area contributed by atoms with Crippen LogP contribution >= 0.6 is 0 Å². The second kappa shape index (κ2) is 3.73. The maximum absolute atomic E-state index is 12.3. The first kappa shape index (κ1) is 12.0. The molecule has 3 rings (SSSR count). The average molecular weight is 272 g/mol. The number of carbonyl (C=O) groups excluding carboxylic acids is 1. The number of aryl methyl sites for hydroxylation is 1. The number of H-pyrrole nitrogens is 2. The molecular weight excluding hydrogens is 264 g/mol. The van der Waals surface area contributed by atoms with Gasteiger partial charge >= 0.3 is 0 Å². The number of aromatic amines is 2. The van der Waals surface area contributed by atoms with Crippen molar-refractivity contribution in [2.75, 3.05) is 0 Å². The molecule has 20 heavy (non-hydrogen) atoms. The number of nitrogens with zero attached hydrogens (tertiary/aromatic N) is 2. The minimum atomic E-state index is -0.766. The van der Waals surface area contributed by atoms with Crippen LogP contribution in [0.15, 0.2) is 9.59 Å². The molecule has 3 N–H and O–H groups in total. The van der Waals surface area contributed by atoms with E-state index in [9.17, 15) is 19.5 Å². The zero-order chi connectivity index (χ0) is 14.6. The van der Waals surface area contributed by atoms with Crippen LogP contribution in [0.1, 0.15) is 27.6 Å². The van der Waals surface area contributed by atoms with Crippen molar-refractivity contribution in [3.63, 3.8) is 0 Å². The molecule has 0 aromatic carbocycles. The summed E-state index contributed by atoms with van der Waals surface area (Å²) >= 11 is 0. The number of rotatable bonds is 0. The summed E-state index contributed by atoms with van der Waals surface area (Å²) in [6, 6.07) is 0. The molecule has 0 aliphatic heterocycles. The number of nitrogens with one attached hydrogen (secondary N) is 2. The van der Waals surface area contributed by atoms with Crippen LogP contribution < -0.4 is 21.8 Å². The second-order valence-electron chi connectivity index (χ2n) is 4.29. The first-order chi connectivity index (χ1) is 9.40. The Morgan fingerprint density at radius 3 is 2.45 bits per heavy atom. The molecule has 1 aliphatic rings. The molecule has 8 nitrogen and oxygen atoms in total. The smallest absolute Gasteiger partial charge is 0.263 e. The summed E-state index contributed by atoms with van der Waals surface area (Å²) < 4.78 is 0. The third kappa shape index (κ3) is 1.44. The summed E-state index contributed by atoms with van der Waals surface area (Å²) in [5.74, 6) is -1.09. The maximum Gasteiger partial charge on any atom is 0.263 e. The Balaban J connectivity index is 2.64. The van der Waals surface area contributed by atoms with Crippen molar-refractivity contribution in [1.82, 2.24) is 19.9 Å². The molecule has 2 aromatic rings. The van der Waals surface area contributed by atoms with Gasteiger partial charge < -0.3 is 15.1 Å². The van der Waals surface area contributed by atoms with Crippen LogP contribution in [-0.2, 0) is 0 Å². The van der Waals surface area contributed by atoms with E-state index in [1.807, 2.05) is 0 Å². The molecule has 0 saturated heterocycles. The molecule has 8 heteroatoms. The van der Waals surface area contributed by atoms with E-state index in [1.54, 1.807) is 0 Å². The average Bonchev–Trinajstić information content (AvgIpc) is 2.34. The van der Waals surface area contributed by atoms with Crippen LogP contribution in [0.4, 0.5) is 0 Å². The molecule has 0 fully saturated rings. The van der Waals surface area contributed by atoms with Crippen molar-refractivity contribution in [3.8, 4) is 0 Å². The van der Waals surface area contributed by atoms with E-state index in [0.29, 0.717) is 0 Å². The van der Waals surface area contributed by atoms with Crippen molar-refractivity contribution in [2.24, 2.45) is 0 Å². The molecule has 0 radical (unpaired) electrons. The standard InChI is InChI=1S/C12H8N4O4/c1-3-13-7-5(11(19)15-3)10(18)8-6(9(7)17)12(20)16-4(2)14-8/h18H,1H2,2H3,(H,15,19)(H,14,16,20). The summed E-state index contributed by atoms with van der Waals surface area (Å²) in [6.45, 7) is 4.93. The van der Waals surface area contributed by atoms with Gasteiger partial charge in [0.25, 0.3) is 11.1 Å². The highest BCUT2D eigenvalue weighted by Gasteiger charge is 2.31. The van der Waals surface area contributed by atoms with Gasteiger partial charge in [-0.05, 0) is 6.92 Å². The number of fused-ring (bicyclic) bond motifs is 2. The molecule has 0 atom stereocenters. The number of ketones is 1. The van der Waals surface area contributed by atoms with Crippen LogP contribution in [-0.4, -0.2) is 30.8 Å². The lowest BCUT2D eigenvalue weighted by Gasteiger charge is -2.12. The molecule has 2 heterocycles. The number of hydrogen-bond donors (Lipinski definition) is 3. The number of hydrogen-bond acceptors (Lipinski definition) is 6. The minimum Gasteiger partial charge on any atom is -0.505 e. The minimum absolute atomic E-state index is 0.0325. The van der Waals surface area contributed by atoms with Gasteiger partial charge in [-0.15, -0.1) is 0 Å². The molecule has 2 aromatic heterocycles. The summed E-state index contributed by atoms with van der Waals surface area (Å²) in [7, 11) is 0. The van der Waals surface area contributed by atoms with E-state index in [4.69, 9.17) is 0 Å². The molecule has 0 amide bonds. The Labute approximate surface area is 110 Å². The van der Waals surface area contributed by atoms with Gasteiger partial charge in [-0.2, -0.15) is 0 Å². The van der Waals surface area contributed by atoms with Crippen LogP contribution in [0, 0.1) is 6.92 Å². The Morgan fingerprint density at radius 1 is 1.05 bits per heavy atom. The zero-order valence-electron chi connectivity index (χ0n) is 10.3. The summed E-state index contributed by atoms with van der Waals surface area (Å²) in [4.78, 5) is 48.3. The fraction of sp³-hybridized carbons (Fsp3) is 0.0833. The fourth-order valence-corrected chi connectivity index (χ4v) is 2.11. The number of aliphatic hydroxyl groups is 1. The van der Waals surface area contributed by atoms with Gasteiger partial charge in [0, 0.05) is 0 Å². The predicted octanol–water partition coefficient (Wildman–Crippen LogP) is -2.17. The van der Waals surface area contributed by atoms with Gasteiger partial charge in [0.15, 0.2) is 5.76 Å². The van der Waals surface area contributed by atoms with Crippen LogP contribution in [0.2, 0.25) is 0 Å². The monoisotopic (exact) mass is 272 g/mol. The summed E-state index contributed by atoms with van der Waals surface area (Å²) in [5.41, 5.74) is -2.29. The van der Waals surface area contributed by atoms with E-state index < -0.39 is 22.7 Å². The third-order valence-electron chi connectivity index (χ3n) is 2.91. The zero-order valence-corrected chi connectivity index (χ0v) is 10.3. The highest BCUT2D eigenvalue weighted by molar-refractivity contribution is 6.11. The largest absolute Gasteiger partial charge is 0.505 e. The van der Waals surface area contributed by atoms with Crippen LogP contribution in [0.25, 0.3) is 12.3 Å². The molecule has 0 spiro atoms. The summed E-state index contributed by atoms with van der Waals surface area (Å²) in [6.07, 6.45) is 0. The van der Waals surface area contributed by atoms with E-state index in [1.165, 1.54) is 6.92 Å². The second-order valence-corrected chi connectivity index (χ2v) is 4.29. The van der Waals surface area contributed by atoms with Crippen LogP contribution in [0.5, 0.6) is 0 Å². The van der Waals surface area contributed by atoms with Crippen molar-refractivity contribution < 1.29 is 9.90 Å². The Morgan fingerprint density at radius 2 is 1.75 bits per heavy atom. The van der Waals surface area contributed by atoms with Crippen molar-refractivity contribution in [3.05, 3.63) is 54.2 Å². The van der Waals surface area contributed by atoms with Gasteiger partial charge in [0.1, 0.15) is 33.5 Å². The van der Waals surface area contributed by atoms with E-state index in [2.05, 4.69) is 26.5 Å². The Bertz CT molecular complexity index is 1000. The highest BCUT2D eigenvalue weighted by atomic mass is 16.3. The first-order valence-corrected chi connectivity index (χ1v) is 5.58. The fourth-order valence-electron chi connectivity index (χ4n) is 2.11. The lowest BCUT2D eigenvalue weighted by Crippen LogP contribution is -2.46. The number of carbonyl (C=O) groups is 1. The van der Waals surface area contributed by atoms with Gasteiger partial charge in [0.2, 0.25) is 5.78 Å².